The summed E-state index contributed by atoms with van der Waals surface area (Å²) in [6.07, 6.45) is 1.99. The maximum atomic E-state index is 13.8. The molecule has 0 saturated heterocycles. The number of aromatic nitrogens is 2. The van der Waals surface area contributed by atoms with Crippen LogP contribution in [0.15, 0.2) is 48.7 Å². The fraction of sp³-hybridized carbons (Fsp3) is 0.188. The topological polar surface area (TPSA) is 20.5 Å². The van der Waals surface area contributed by atoms with Crippen molar-refractivity contribution < 1.29 is 4.39 Å². The van der Waals surface area contributed by atoms with E-state index in [0.29, 0.717) is 17.4 Å². The lowest BCUT2D eigenvalue weighted by Gasteiger charge is -2.18. The number of hydrogen-bond donors (Lipinski definition) is 0. The largest absolute Gasteiger partial charge is 0.354 e. The fourth-order valence-electron chi connectivity index (χ4n) is 2.42. The van der Waals surface area contributed by atoms with Crippen LogP contribution in [0.4, 0.5) is 10.2 Å². The molecule has 0 radical (unpaired) electrons. The molecule has 0 bridgehead atoms. The first-order chi connectivity index (χ1) is 10.2. The van der Waals surface area contributed by atoms with Gasteiger partial charge in [-0.15, -0.1) is 0 Å². The zero-order valence-corrected chi connectivity index (χ0v) is 13.2. The Morgan fingerprint density at radius 1 is 1.19 bits per heavy atom. The summed E-state index contributed by atoms with van der Waals surface area (Å²) in [5, 5.41) is 0.690. The number of rotatable bonds is 4. The van der Waals surface area contributed by atoms with Crippen LogP contribution in [0.3, 0.4) is 0 Å². The van der Waals surface area contributed by atoms with Gasteiger partial charge in [0, 0.05) is 30.7 Å². The van der Waals surface area contributed by atoms with Gasteiger partial charge < -0.3 is 9.30 Å². The molecule has 108 valence electrons. The molecule has 0 amide bonds. The Kier molecular flexibility index (Phi) is 3.92. The Morgan fingerprint density at radius 3 is 2.71 bits per heavy atom. The molecule has 0 aliphatic carbocycles. The van der Waals surface area contributed by atoms with Gasteiger partial charge in [0.05, 0.1) is 5.69 Å². The van der Waals surface area contributed by atoms with Gasteiger partial charge in [0.25, 0.3) is 0 Å². The van der Waals surface area contributed by atoms with Crippen LogP contribution in [-0.2, 0) is 11.9 Å². The van der Waals surface area contributed by atoms with E-state index in [0.717, 1.165) is 17.2 Å². The molecule has 3 nitrogen and oxygen atoms in total. The zero-order chi connectivity index (χ0) is 14.8. The number of hydrogen-bond acceptors (Lipinski definition) is 2. The third-order valence-electron chi connectivity index (χ3n) is 3.46. The molecule has 0 aliphatic rings. The maximum absolute atomic E-state index is 13.8. The average molecular weight is 348 g/mol. The molecular formula is C16H15BrFN3. The summed E-state index contributed by atoms with van der Waals surface area (Å²) in [5.74, 6) is 0.676. The Balaban J connectivity index is 1.98. The molecule has 5 heteroatoms. The molecule has 0 aliphatic heterocycles. The van der Waals surface area contributed by atoms with E-state index in [2.05, 4.69) is 20.9 Å². The van der Waals surface area contributed by atoms with Crippen LogP contribution in [0, 0.1) is 5.82 Å². The minimum absolute atomic E-state index is 0.187. The second-order valence-corrected chi connectivity index (χ2v) is 5.45. The van der Waals surface area contributed by atoms with Crippen LogP contribution >= 0.6 is 15.9 Å². The van der Waals surface area contributed by atoms with Crippen LogP contribution < -0.4 is 4.90 Å². The highest BCUT2D eigenvalue weighted by Crippen LogP contribution is 2.24. The number of pyridine rings is 1. The Bertz CT molecular complexity index is 769. The lowest BCUT2D eigenvalue weighted by atomic mass is 10.2. The molecule has 3 aromatic rings. The minimum atomic E-state index is -0.187. The van der Waals surface area contributed by atoms with Crippen molar-refractivity contribution in [1.82, 2.24) is 9.38 Å². The molecule has 0 atom stereocenters. The molecule has 0 saturated carbocycles. The molecule has 1 aromatic carbocycles. The number of benzene rings is 1. The van der Waals surface area contributed by atoms with Crippen molar-refractivity contribution in [3.8, 4) is 0 Å². The van der Waals surface area contributed by atoms with E-state index in [-0.39, 0.29) is 5.82 Å². The summed E-state index contributed by atoms with van der Waals surface area (Å²) >= 11 is 3.52. The van der Waals surface area contributed by atoms with E-state index in [1.165, 1.54) is 6.07 Å². The second kappa shape index (κ2) is 5.85. The summed E-state index contributed by atoms with van der Waals surface area (Å²) in [7, 11) is 1.93. The van der Waals surface area contributed by atoms with Crippen molar-refractivity contribution in [3.63, 3.8) is 0 Å². The average Bonchev–Trinajstić information content (AvgIpc) is 2.88. The Hall–Kier alpha value is -1.88. The Morgan fingerprint density at radius 2 is 1.95 bits per heavy atom. The van der Waals surface area contributed by atoms with Crippen molar-refractivity contribution >= 4 is 27.4 Å². The first kappa shape index (κ1) is 14.1. The summed E-state index contributed by atoms with van der Waals surface area (Å²) in [5.41, 5.74) is 2.62. The third-order valence-corrected chi connectivity index (χ3v) is 3.99. The van der Waals surface area contributed by atoms with Gasteiger partial charge in [0.2, 0.25) is 0 Å². The number of nitrogens with zero attached hydrogens (tertiary/aromatic N) is 3. The van der Waals surface area contributed by atoms with Crippen molar-refractivity contribution in [2.75, 3.05) is 11.9 Å². The van der Waals surface area contributed by atoms with Crippen molar-refractivity contribution in [3.05, 3.63) is 65.7 Å². The highest BCUT2D eigenvalue weighted by molar-refractivity contribution is 9.08. The van der Waals surface area contributed by atoms with E-state index in [9.17, 15) is 4.39 Å². The lowest BCUT2D eigenvalue weighted by Crippen LogP contribution is -2.19. The number of fused-ring (bicyclic) bond motifs is 1. The van der Waals surface area contributed by atoms with E-state index in [4.69, 9.17) is 0 Å². The van der Waals surface area contributed by atoms with Crippen LogP contribution in [0.5, 0.6) is 0 Å². The van der Waals surface area contributed by atoms with Gasteiger partial charge >= 0.3 is 0 Å². The summed E-state index contributed by atoms with van der Waals surface area (Å²) in [6.45, 7) is 0.483. The SMILES string of the molecule is CN(Cc1ccccc1F)c1nc2ccccn2c1CBr. The fourth-order valence-corrected chi connectivity index (χ4v) is 2.94. The molecule has 0 fully saturated rings. The standard InChI is InChI=1S/C16H15BrFN3/c1-20(11-12-6-2-3-7-13(12)18)16-14(10-17)21-9-5-4-8-15(21)19-16/h2-9H,10-11H2,1H3. The van der Waals surface area contributed by atoms with E-state index >= 15 is 0 Å². The van der Waals surface area contributed by atoms with Crippen molar-refractivity contribution in [1.29, 1.82) is 0 Å². The molecular weight excluding hydrogens is 333 g/mol. The highest BCUT2D eigenvalue weighted by atomic mass is 79.9. The third kappa shape index (κ3) is 2.65. The first-order valence-electron chi connectivity index (χ1n) is 6.67. The smallest absolute Gasteiger partial charge is 0.152 e. The van der Waals surface area contributed by atoms with E-state index < -0.39 is 0 Å². The highest BCUT2D eigenvalue weighted by Gasteiger charge is 2.15. The van der Waals surface area contributed by atoms with Crippen LogP contribution in [0.25, 0.3) is 5.65 Å². The molecule has 21 heavy (non-hydrogen) atoms. The monoisotopic (exact) mass is 347 g/mol. The number of alkyl halides is 1. The maximum Gasteiger partial charge on any atom is 0.152 e. The number of anilines is 1. The van der Waals surface area contributed by atoms with Gasteiger partial charge in [0.1, 0.15) is 11.5 Å². The Labute approximate surface area is 131 Å². The number of halogens is 2. The normalized spacial score (nSPS) is 11.0. The van der Waals surface area contributed by atoms with Gasteiger partial charge in [-0.25, -0.2) is 9.37 Å². The first-order valence-corrected chi connectivity index (χ1v) is 7.79. The van der Waals surface area contributed by atoms with Gasteiger partial charge in [-0.1, -0.05) is 40.2 Å². The van der Waals surface area contributed by atoms with Crippen molar-refractivity contribution in [2.24, 2.45) is 0 Å². The minimum Gasteiger partial charge on any atom is -0.354 e. The summed E-state index contributed by atoms with van der Waals surface area (Å²) < 4.78 is 15.8. The predicted octanol–water partition coefficient (Wildman–Crippen LogP) is 4.00. The van der Waals surface area contributed by atoms with E-state index in [1.807, 2.05) is 46.8 Å². The van der Waals surface area contributed by atoms with Crippen LogP contribution in [0.1, 0.15) is 11.3 Å². The molecule has 0 unspecified atom stereocenters. The second-order valence-electron chi connectivity index (χ2n) is 4.89. The summed E-state index contributed by atoms with van der Waals surface area (Å²) in [6, 6.07) is 12.7. The van der Waals surface area contributed by atoms with Gasteiger partial charge in [-0.3, -0.25) is 0 Å². The predicted molar refractivity (Wildman–Crippen MR) is 86.3 cm³/mol. The number of imidazole rings is 1. The van der Waals surface area contributed by atoms with Gasteiger partial charge in [0.15, 0.2) is 5.82 Å². The molecule has 2 heterocycles. The molecule has 0 spiro atoms. The molecule has 2 aromatic heterocycles. The van der Waals surface area contributed by atoms with Crippen molar-refractivity contribution in [2.45, 2.75) is 11.9 Å². The van der Waals surface area contributed by atoms with Crippen LogP contribution in [-0.4, -0.2) is 16.4 Å². The van der Waals surface area contributed by atoms with E-state index in [1.54, 1.807) is 12.1 Å². The zero-order valence-electron chi connectivity index (χ0n) is 11.6. The van der Waals surface area contributed by atoms with Gasteiger partial charge in [-0.05, 0) is 18.2 Å². The molecule has 3 rings (SSSR count). The lowest BCUT2D eigenvalue weighted by molar-refractivity contribution is 0.607. The quantitative estimate of drug-likeness (QED) is 0.665. The van der Waals surface area contributed by atoms with Crippen LogP contribution in [0.2, 0.25) is 0 Å². The summed E-state index contributed by atoms with van der Waals surface area (Å²) in [4.78, 5) is 6.62. The molecule has 0 N–H and O–H groups in total. The van der Waals surface area contributed by atoms with Gasteiger partial charge in [-0.2, -0.15) is 0 Å².